The van der Waals surface area contributed by atoms with Crippen LogP contribution in [0.25, 0.3) is 0 Å². The first-order valence-corrected chi connectivity index (χ1v) is 12.1. The molecule has 2 saturated carbocycles. The maximum absolute atomic E-state index is 13.2. The number of carbonyl (C=O) groups is 2. The standard InChI is InChI=1S/C18H32O4Si/c1-12-8-9-13-16(2,3)17(4,22-23(5,6)7)14(19)10-18(12,13)11-15(20)21/h12-13H,8-11H2,1-7H3,(H,20,21)/t12-,13?,17?,18-/m1/s1. The van der Waals surface area contributed by atoms with Crippen LogP contribution in [0.3, 0.4) is 0 Å². The van der Waals surface area contributed by atoms with E-state index >= 15 is 0 Å². The Balaban J connectivity index is 2.51. The van der Waals surface area contributed by atoms with Gasteiger partial charge in [0.1, 0.15) is 5.60 Å². The van der Waals surface area contributed by atoms with Gasteiger partial charge in [-0.2, -0.15) is 0 Å². The molecule has 2 aliphatic rings. The fourth-order valence-corrected chi connectivity index (χ4v) is 6.92. The first kappa shape index (κ1) is 18.7. The van der Waals surface area contributed by atoms with Crippen molar-refractivity contribution in [3.8, 4) is 0 Å². The summed E-state index contributed by atoms with van der Waals surface area (Å²) < 4.78 is 6.43. The van der Waals surface area contributed by atoms with Crippen LogP contribution in [0.15, 0.2) is 0 Å². The zero-order valence-electron chi connectivity index (χ0n) is 15.7. The van der Waals surface area contributed by atoms with Gasteiger partial charge in [-0.15, -0.1) is 0 Å². The van der Waals surface area contributed by atoms with E-state index in [1.807, 2.05) is 6.92 Å². The van der Waals surface area contributed by atoms with Crippen LogP contribution in [-0.2, 0) is 14.0 Å². The Kier molecular flexibility index (Phi) is 4.39. The van der Waals surface area contributed by atoms with Crippen LogP contribution < -0.4 is 0 Å². The highest BCUT2D eigenvalue weighted by atomic mass is 28.4. The van der Waals surface area contributed by atoms with Crippen molar-refractivity contribution < 1.29 is 19.1 Å². The van der Waals surface area contributed by atoms with E-state index in [1.54, 1.807) is 0 Å². The minimum absolute atomic E-state index is 0.0937. The summed E-state index contributed by atoms with van der Waals surface area (Å²) >= 11 is 0. The molecule has 0 aromatic heterocycles. The summed E-state index contributed by atoms with van der Waals surface area (Å²) in [6.07, 6.45) is 2.42. The average molecular weight is 341 g/mol. The van der Waals surface area contributed by atoms with E-state index in [0.29, 0.717) is 6.42 Å². The number of hydrogen-bond donors (Lipinski definition) is 1. The molecule has 0 aromatic rings. The number of rotatable bonds is 4. The van der Waals surface area contributed by atoms with Gasteiger partial charge in [-0.3, -0.25) is 9.59 Å². The average Bonchev–Trinajstić information content (AvgIpc) is 2.63. The highest BCUT2D eigenvalue weighted by molar-refractivity contribution is 6.70. The Morgan fingerprint density at radius 1 is 1.26 bits per heavy atom. The van der Waals surface area contributed by atoms with Crippen molar-refractivity contribution >= 4 is 20.1 Å². The number of Topliss-reactive ketones (excluding diaryl/α,β-unsaturated/α-hetero) is 1. The first-order chi connectivity index (χ1) is 10.3. The maximum Gasteiger partial charge on any atom is 0.303 e. The van der Waals surface area contributed by atoms with Gasteiger partial charge >= 0.3 is 5.97 Å². The number of carboxylic acids is 1. The summed E-state index contributed by atoms with van der Waals surface area (Å²) in [6, 6.07) is 0. The summed E-state index contributed by atoms with van der Waals surface area (Å²) in [6.45, 7) is 14.6. The number of carboxylic acid groups (broad SMARTS) is 1. The smallest absolute Gasteiger partial charge is 0.303 e. The van der Waals surface area contributed by atoms with Crippen molar-refractivity contribution in [1.82, 2.24) is 0 Å². The largest absolute Gasteiger partial charge is 0.481 e. The van der Waals surface area contributed by atoms with Crippen LogP contribution in [0.1, 0.15) is 53.4 Å². The predicted octanol–water partition coefficient (Wildman–Crippen LogP) is 4.10. The highest BCUT2D eigenvalue weighted by Gasteiger charge is 2.67. The molecule has 0 bridgehead atoms. The van der Waals surface area contributed by atoms with Crippen molar-refractivity contribution in [2.45, 2.75) is 78.6 Å². The molecule has 2 fully saturated rings. The molecule has 4 nitrogen and oxygen atoms in total. The van der Waals surface area contributed by atoms with E-state index < -0.39 is 25.3 Å². The summed E-state index contributed by atoms with van der Waals surface area (Å²) in [7, 11) is -1.90. The molecule has 0 spiro atoms. The van der Waals surface area contributed by atoms with Gasteiger partial charge in [0.2, 0.25) is 0 Å². The Labute approximate surface area is 141 Å². The minimum atomic E-state index is -1.90. The van der Waals surface area contributed by atoms with Crippen LogP contribution in [0.5, 0.6) is 0 Å². The lowest BCUT2D eigenvalue weighted by Crippen LogP contribution is -2.65. The molecule has 2 rings (SSSR count). The topological polar surface area (TPSA) is 63.6 Å². The van der Waals surface area contributed by atoms with Crippen molar-refractivity contribution in [1.29, 1.82) is 0 Å². The summed E-state index contributed by atoms with van der Waals surface area (Å²) in [5.41, 5.74) is -1.58. The van der Waals surface area contributed by atoms with Crippen molar-refractivity contribution in [2.75, 3.05) is 0 Å². The molecule has 1 N–H and O–H groups in total. The Hall–Kier alpha value is -0.683. The highest BCUT2D eigenvalue weighted by Crippen LogP contribution is 2.65. The summed E-state index contributed by atoms with van der Waals surface area (Å²) in [5, 5.41) is 9.46. The Morgan fingerprint density at radius 3 is 2.30 bits per heavy atom. The lowest BCUT2D eigenvalue weighted by atomic mass is 9.49. The van der Waals surface area contributed by atoms with E-state index in [-0.39, 0.29) is 29.5 Å². The molecule has 23 heavy (non-hydrogen) atoms. The molecule has 0 heterocycles. The maximum atomic E-state index is 13.2. The molecule has 2 unspecified atom stereocenters. The zero-order valence-corrected chi connectivity index (χ0v) is 16.7. The number of carbonyl (C=O) groups excluding carboxylic acids is 1. The van der Waals surface area contributed by atoms with Gasteiger partial charge in [0, 0.05) is 11.8 Å². The number of ketones is 1. The number of hydrogen-bond acceptors (Lipinski definition) is 3. The van der Waals surface area contributed by atoms with Gasteiger partial charge in [-0.1, -0.05) is 20.8 Å². The predicted molar refractivity (Wildman–Crippen MR) is 92.8 cm³/mol. The van der Waals surface area contributed by atoms with E-state index in [0.717, 1.165) is 12.8 Å². The van der Waals surface area contributed by atoms with Crippen LogP contribution in [0.2, 0.25) is 19.6 Å². The van der Waals surface area contributed by atoms with E-state index in [1.165, 1.54) is 0 Å². The third-order valence-corrected chi connectivity index (χ3v) is 7.70. The number of aliphatic carboxylic acids is 1. The van der Waals surface area contributed by atoms with E-state index in [2.05, 4.69) is 40.4 Å². The molecule has 0 aliphatic heterocycles. The fraction of sp³-hybridized carbons (Fsp3) is 0.889. The molecule has 0 amide bonds. The van der Waals surface area contributed by atoms with Crippen LogP contribution in [-0.4, -0.2) is 30.8 Å². The Bertz CT molecular complexity index is 522. The molecule has 4 atom stereocenters. The Morgan fingerprint density at radius 2 is 1.83 bits per heavy atom. The summed E-state index contributed by atoms with van der Waals surface area (Å²) in [4.78, 5) is 24.7. The molecule has 2 aliphatic carbocycles. The van der Waals surface area contributed by atoms with Gasteiger partial charge in [-0.05, 0) is 56.7 Å². The molecule has 132 valence electrons. The lowest BCUT2D eigenvalue weighted by molar-refractivity contribution is -0.178. The second-order valence-corrected chi connectivity index (χ2v) is 13.8. The van der Waals surface area contributed by atoms with Crippen molar-refractivity contribution in [3.63, 3.8) is 0 Å². The first-order valence-electron chi connectivity index (χ1n) is 8.71. The van der Waals surface area contributed by atoms with Crippen LogP contribution in [0, 0.1) is 22.7 Å². The van der Waals surface area contributed by atoms with Gasteiger partial charge in [-0.25, -0.2) is 0 Å². The lowest BCUT2D eigenvalue weighted by Gasteiger charge is -2.59. The van der Waals surface area contributed by atoms with Crippen molar-refractivity contribution in [3.05, 3.63) is 0 Å². The third kappa shape index (κ3) is 2.80. The van der Waals surface area contributed by atoms with Crippen LogP contribution >= 0.6 is 0 Å². The van der Waals surface area contributed by atoms with E-state index in [4.69, 9.17) is 4.43 Å². The molecular formula is C18H32O4Si. The van der Waals surface area contributed by atoms with Gasteiger partial charge < -0.3 is 9.53 Å². The van der Waals surface area contributed by atoms with E-state index in [9.17, 15) is 14.7 Å². The quantitative estimate of drug-likeness (QED) is 0.783. The second kappa shape index (κ2) is 5.41. The molecule has 0 radical (unpaired) electrons. The van der Waals surface area contributed by atoms with Crippen LogP contribution in [0.4, 0.5) is 0 Å². The van der Waals surface area contributed by atoms with Gasteiger partial charge in [0.25, 0.3) is 0 Å². The van der Waals surface area contributed by atoms with Crippen molar-refractivity contribution in [2.24, 2.45) is 22.7 Å². The SMILES string of the molecule is C[C@@H]1CCC2C(C)(C)C(C)(O[Si](C)(C)C)C(=O)C[C@]21CC(=O)O. The normalized spacial score (nSPS) is 40.0. The fourth-order valence-electron chi connectivity index (χ4n) is 5.31. The number of fused-ring (bicyclic) bond motifs is 1. The van der Waals surface area contributed by atoms with Gasteiger partial charge in [0.05, 0.1) is 6.42 Å². The molecule has 0 saturated heterocycles. The molecular weight excluding hydrogens is 308 g/mol. The zero-order chi connectivity index (χ0) is 17.8. The monoisotopic (exact) mass is 340 g/mol. The van der Waals surface area contributed by atoms with Gasteiger partial charge in [0.15, 0.2) is 14.1 Å². The third-order valence-electron chi connectivity index (χ3n) is 6.68. The summed E-state index contributed by atoms with van der Waals surface area (Å²) in [5.74, 6) is -0.221. The minimum Gasteiger partial charge on any atom is -0.481 e. The molecule has 5 heteroatoms. The molecule has 0 aromatic carbocycles. The second-order valence-electron chi connectivity index (χ2n) is 9.40.